The number of carbonyl (C=O) groups is 2. The Balaban J connectivity index is 1.63. The summed E-state index contributed by atoms with van der Waals surface area (Å²) in [6, 6.07) is 6.52. The van der Waals surface area contributed by atoms with Crippen LogP contribution in [-0.4, -0.2) is 37.5 Å². The van der Waals surface area contributed by atoms with E-state index in [0.717, 1.165) is 18.8 Å². The molecule has 3 N–H and O–H groups in total. The summed E-state index contributed by atoms with van der Waals surface area (Å²) < 4.78 is 10.8. The van der Waals surface area contributed by atoms with E-state index >= 15 is 0 Å². The summed E-state index contributed by atoms with van der Waals surface area (Å²) in [5, 5.41) is 5.82. The van der Waals surface area contributed by atoms with Gasteiger partial charge in [0.2, 0.25) is 5.91 Å². The number of hydrogen-bond donors (Lipinski definition) is 3. The third-order valence-corrected chi connectivity index (χ3v) is 5.34. The third-order valence-electron chi connectivity index (χ3n) is 5.34. The lowest BCUT2D eigenvalue weighted by Crippen LogP contribution is -3.13. The van der Waals surface area contributed by atoms with Crippen molar-refractivity contribution in [3.05, 3.63) is 48.3 Å². The molecule has 0 aliphatic carbocycles. The summed E-state index contributed by atoms with van der Waals surface area (Å²) in [5.74, 6) is 0.455. The summed E-state index contributed by atoms with van der Waals surface area (Å²) in [7, 11) is 0. The summed E-state index contributed by atoms with van der Waals surface area (Å²) in [5.41, 5.74) is 0. The van der Waals surface area contributed by atoms with Crippen LogP contribution in [0.25, 0.3) is 0 Å². The number of piperidine rings is 1. The lowest BCUT2D eigenvalue weighted by Gasteiger charge is -2.31. The molecular weight excluding hydrogens is 358 g/mol. The zero-order chi connectivity index (χ0) is 19.9. The Morgan fingerprint density at radius 2 is 1.79 bits per heavy atom. The SMILES string of the molecule is CC(C)[C@H](NC(=O)c1ccco1)C(=O)NC[C@H](c1ccco1)[NH+]1CCCCC1. The van der Waals surface area contributed by atoms with Gasteiger partial charge in [0.15, 0.2) is 17.6 Å². The van der Waals surface area contributed by atoms with E-state index in [-0.39, 0.29) is 29.5 Å². The zero-order valence-corrected chi connectivity index (χ0v) is 16.6. The van der Waals surface area contributed by atoms with Crippen molar-refractivity contribution in [3.63, 3.8) is 0 Å². The first kappa shape index (κ1) is 20.2. The van der Waals surface area contributed by atoms with Gasteiger partial charge in [0.25, 0.3) is 5.91 Å². The van der Waals surface area contributed by atoms with Crippen molar-refractivity contribution in [1.82, 2.24) is 10.6 Å². The Bertz CT molecular complexity index is 734. The molecule has 0 saturated carbocycles. The molecule has 3 rings (SSSR count). The Morgan fingerprint density at radius 1 is 1.07 bits per heavy atom. The van der Waals surface area contributed by atoms with Crippen LogP contribution >= 0.6 is 0 Å². The van der Waals surface area contributed by atoms with Crippen LogP contribution in [0.1, 0.15) is 55.5 Å². The molecule has 152 valence electrons. The summed E-state index contributed by atoms with van der Waals surface area (Å²) in [6.45, 7) is 6.44. The molecule has 2 aromatic rings. The molecule has 1 fully saturated rings. The molecule has 2 amide bonds. The Labute approximate surface area is 165 Å². The molecule has 1 saturated heterocycles. The highest BCUT2D eigenvalue weighted by atomic mass is 16.3. The largest absolute Gasteiger partial charge is 0.463 e. The van der Waals surface area contributed by atoms with E-state index in [1.54, 1.807) is 18.4 Å². The Morgan fingerprint density at radius 3 is 2.39 bits per heavy atom. The van der Waals surface area contributed by atoms with Gasteiger partial charge in [-0.2, -0.15) is 0 Å². The minimum absolute atomic E-state index is 0.0525. The average molecular weight is 388 g/mol. The van der Waals surface area contributed by atoms with Gasteiger partial charge in [-0.05, 0) is 49.4 Å². The fourth-order valence-corrected chi connectivity index (χ4v) is 3.76. The number of rotatable bonds is 8. The molecule has 0 radical (unpaired) electrons. The number of furan rings is 2. The van der Waals surface area contributed by atoms with E-state index in [2.05, 4.69) is 10.6 Å². The van der Waals surface area contributed by atoms with Gasteiger partial charge in [0.05, 0.1) is 32.2 Å². The summed E-state index contributed by atoms with van der Waals surface area (Å²) in [4.78, 5) is 26.6. The van der Waals surface area contributed by atoms with Gasteiger partial charge >= 0.3 is 0 Å². The molecule has 2 atom stereocenters. The number of nitrogens with one attached hydrogen (secondary N) is 3. The molecular formula is C21H30N3O4+. The minimum Gasteiger partial charge on any atom is -0.463 e. The van der Waals surface area contributed by atoms with E-state index < -0.39 is 6.04 Å². The average Bonchev–Trinajstić information content (AvgIpc) is 3.40. The predicted octanol–water partition coefficient (Wildman–Crippen LogP) is 1.55. The molecule has 0 spiro atoms. The first-order chi connectivity index (χ1) is 13.6. The molecule has 0 bridgehead atoms. The van der Waals surface area contributed by atoms with Crippen molar-refractivity contribution in [2.75, 3.05) is 19.6 Å². The van der Waals surface area contributed by atoms with Crippen LogP contribution in [0.4, 0.5) is 0 Å². The van der Waals surface area contributed by atoms with Crippen LogP contribution in [0.15, 0.2) is 45.6 Å². The number of quaternary nitrogens is 1. The van der Waals surface area contributed by atoms with Crippen molar-refractivity contribution in [2.24, 2.45) is 5.92 Å². The highest BCUT2D eigenvalue weighted by molar-refractivity contribution is 5.95. The van der Waals surface area contributed by atoms with Gasteiger partial charge in [-0.3, -0.25) is 9.59 Å². The van der Waals surface area contributed by atoms with Crippen LogP contribution in [-0.2, 0) is 4.79 Å². The Hall–Kier alpha value is -2.54. The zero-order valence-electron chi connectivity index (χ0n) is 16.6. The molecule has 7 nitrogen and oxygen atoms in total. The normalized spacial score (nSPS) is 17.2. The number of hydrogen-bond acceptors (Lipinski definition) is 4. The maximum Gasteiger partial charge on any atom is 0.287 e. The maximum atomic E-state index is 12.9. The molecule has 28 heavy (non-hydrogen) atoms. The highest BCUT2D eigenvalue weighted by Gasteiger charge is 2.31. The van der Waals surface area contributed by atoms with Crippen molar-refractivity contribution in [3.8, 4) is 0 Å². The molecule has 2 aromatic heterocycles. The predicted molar refractivity (Wildman–Crippen MR) is 104 cm³/mol. The first-order valence-electron chi connectivity index (χ1n) is 10.1. The van der Waals surface area contributed by atoms with Crippen molar-refractivity contribution < 1.29 is 23.3 Å². The standard InChI is InChI=1S/C21H29N3O4/c1-15(2)19(23-20(25)18-9-7-13-28-18)21(26)22-14-16(17-8-6-12-27-17)24-10-4-3-5-11-24/h6-9,12-13,15-16,19H,3-5,10-11,14H2,1-2H3,(H,22,26)(H,23,25)/p+1/t16-,19+/m1/s1. The van der Waals surface area contributed by atoms with E-state index in [4.69, 9.17) is 8.83 Å². The van der Waals surface area contributed by atoms with Crippen LogP contribution in [0.2, 0.25) is 0 Å². The topological polar surface area (TPSA) is 88.9 Å². The van der Waals surface area contributed by atoms with Crippen molar-refractivity contribution >= 4 is 11.8 Å². The fraction of sp³-hybridized carbons (Fsp3) is 0.524. The Kier molecular flexibility index (Phi) is 6.92. The molecule has 1 aliphatic heterocycles. The molecule has 7 heteroatoms. The van der Waals surface area contributed by atoms with Crippen LogP contribution in [0.3, 0.4) is 0 Å². The van der Waals surface area contributed by atoms with Gasteiger partial charge in [-0.1, -0.05) is 13.8 Å². The highest BCUT2D eigenvalue weighted by Crippen LogP contribution is 2.12. The van der Waals surface area contributed by atoms with E-state index in [9.17, 15) is 9.59 Å². The van der Waals surface area contributed by atoms with Gasteiger partial charge in [-0.25, -0.2) is 0 Å². The lowest BCUT2D eigenvalue weighted by atomic mass is 10.0. The van der Waals surface area contributed by atoms with Gasteiger partial charge < -0.3 is 24.4 Å². The first-order valence-corrected chi connectivity index (χ1v) is 10.1. The monoisotopic (exact) mass is 388 g/mol. The quantitative estimate of drug-likeness (QED) is 0.640. The number of likely N-dealkylation sites (tertiary alicyclic amines) is 1. The second kappa shape index (κ2) is 9.59. The molecule has 0 aromatic carbocycles. The van der Waals surface area contributed by atoms with Gasteiger partial charge in [0.1, 0.15) is 6.04 Å². The van der Waals surface area contributed by atoms with Crippen LogP contribution in [0.5, 0.6) is 0 Å². The molecule has 3 heterocycles. The maximum absolute atomic E-state index is 12.9. The fourth-order valence-electron chi connectivity index (χ4n) is 3.76. The van der Waals surface area contributed by atoms with Gasteiger partial charge in [0, 0.05) is 0 Å². The van der Waals surface area contributed by atoms with Crippen LogP contribution < -0.4 is 15.5 Å². The van der Waals surface area contributed by atoms with Crippen molar-refractivity contribution in [1.29, 1.82) is 0 Å². The minimum atomic E-state index is -0.633. The van der Waals surface area contributed by atoms with Crippen LogP contribution in [0, 0.1) is 5.92 Å². The number of amides is 2. The second-order valence-electron chi connectivity index (χ2n) is 7.70. The van der Waals surface area contributed by atoms with E-state index in [1.807, 2.05) is 26.0 Å². The van der Waals surface area contributed by atoms with Crippen molar-refractivity contribution in [2.45, 2.75) is 45.2 Å². The smallest absolute Gasteiger partial charge is 0.287 e. The van der Waals surface area contributed by atoms with E-state index in [1.165, 1.54) is 30.4 Å². The van der Waals surface area contributed by atoms with E-state index in [0.29, 0.717) is 6.54 Å². The molecule has 0 unspecified atom stereocenters. The van der Waals surface area contributed by atoms with Gasteiger partial charge in [-0.15, -0.1) is 0 Å². The molecule has 1 aliphatic rings. The summed E-state index contributed by atoms with van der Waals surface area (Å²) in [6.07, 6.45) is 6.75. The number of carbonyl (C=O) groups excluding carboxylic acids is 2. The summed E-state index contributed by atoms with van der Waals surface area (Å²) >= 11 is 0. The lowest BCUT2D eigenvalue weighted by molar-refractivity contribution is -0.936. The second-order valence-corrected chi connectivity index (χ2v) is 7.70. The third kappa shape index (κ3) is 5.04.